The molecule has 1 fully saturated rings. The summed E-state index contributed by atoms with van der Waals surface area (Å²) in [4.78, 5) is 11.0. The quantitative estimate of drug-likeness (QED) is 0.808. The maximum absolute atomic E-state index is 11.0. The smallest absolute Gasteiger partial charge is 0.344 e. The van der Waals surface area contributed by atoms with Crippen molar-refractivity contribution in [1.82, 2.24) is 5.32 Å². The predicted molar refractivity (Wildman–Crippen MR) is 73.7 cm³/mol. The molecule has 1 aromatic rings. The third kappa shape index (κ3) is 4.11. The normalized spacial score (nSPS) is 16.1. The molecule has 2 N–H and O–H groups in total. The molecule has 19 heavy (non-hydrogen) atoms. The van der Waals surface area contributed by atoms with Crippen LogP contribution >= 0.6 is 11.6 Å². The Morgan fingerprint density at radius 2 is 2.32 bits per heavy atom. The van der Waals surface area contributed by atoms with Crippen molar-refractivity contribution in [3.8, 4) is 5.75 Å². The number of hydrogen-bond acceptors (Lipinski definition) is 3. The van der Waals surface area contributed by atoms with Crippen molar-refractivity contribution in [3.63, 3.8) is 0 Å². The van der Waals surface area contributed by atoms with Crippen LogP contribution < -0.4 is 10.1 Å². The van der Waals surface area contributed by atoms with Crippen molar-refractivity contribution >= 4 is 17.6 Å². The molecule has 1 aromatic carbocycles. The maximum atomic E-state index is 11.0. The number of rotatable bonds is 7. The van der Waals surface area contributed by atoms with Gasteiger partial charge in [0.2, 0.25) is 0 Å². The van der Waals surface area contributed by atoms with Gasteiger partial charge < -0.3 is 15.2 Å². The molecule has 2 rings (SSSR count). The van der Waals surface area contributed by atoms with E-state index in [-0.39, 0.29) is 0 Å². The molecule has 0 aromatic heterocycles. The van der Waals surface area contributed by atoms with E-state index in [1.54, 1.807) is 19.1 Å². The van der Waals surface area contributed by atoms with Crippen LogP contribution in [0.1, 0.15) is 31.7 Å². The van der Waals surface area contributed by atoms with Gasteiger partial charge in [0, 0.05) is 23.2 Å². The second kappa shape index (κ2) is 6.26. The van der Waals surface area contributed by atoms with Crippen molar-refractivity contribution in [1.29, 1.82) is 0 Å². The minimum atomic E-state index is -0.946. The van der Waals surface area contributed by atoms with Crippen LogP contribution in [0.5, 0.6) is 5.75 Å². The summed E-state index contributed by atoms with van der Waals surface area (Å²) < 4.78 is 5.57. The molecule has 0 heterocycles. The molecule has 5 heteroatoms. The highest BCUT2D eigenvalue weighted by molar-refractivity contribution is 6.30. The number of aliphatic carboxylic acids is 1. The Hall–Kier alpha value is -1.26. The lowest BCUT2D eigenvalue weighted by atomic mass is 10.2. The zero-order chi connectivity index (χ0) is 13.8. The van der Waals surface area contributed by atoms with Gasteiger partial charge in [-0.25, -0.2) is 4.79 Å². The molecule has 104 valence electrons. The second-order valence-corrected chi connectivity index (χ2v) is 5.20. The fourth-order valence-corrected chi connectivity index (χ4v) is 2.00. The number of carboxylic acids is 1. The molecule has 1 aliphatic rings. The molecule has 1 unspecified atom stereocenters. The van der Waals surface area contributed by atoms with Gasteiger partial charge in [0.15, 0.2) is 6.10 Å². The summed E-state index contributed by atoms with van der Waals surface area (Å²) in [6.07, 6.45) is 2.00. The highest BCUT2D eigenvalue weighted by Gasteiger charge is 2.22. The predicted octanol–water partition coefficient (Wildman–Crippen LogP) is 2.83. The van der Waals surface area contributed by atoms with E-state index in [2.05, 4.69) is 5.32 Å². The third-order valence-corrected chi connectivity index (χ3v) is 3.33. The van der Waals surface area contributed by atoms with E-state index in [9.17, 15) is 4.79 Å². The van der Waals surface area contributed by atoms with Gasteiger partial charge in [-0.05, 0) is 37.5 Å². The van der Waals surface area contributed by atoms with Crippen molar-refractivity contribution < 1.29 is 14.6 Å². The number of nitrogens with one attached hydrogen (secondary N) is 1. The molecule has 0 saturated heterocycles. The lowest BCUT2D eigenvalue weighted by Crippen LogP contribution is -2.27. The summed E-state index contributed by atoms with van der Waals surface area (Å²) in [5.74, 6) is -0.356. The van der Waals surface area contributed by atoms with Crippen molar-refractivity contribution in [2.75, 3.05) is 0 Å². The van der Waals surface area contributed by atoms with E-state index in [1.807, 2.05) is 6.07 Å². The molecule has 0 spiro atoms. The summed E-state index contributed by atoms with van der Waals surface area (Å²) in [6.45, 7) is 2.44. The number of halogens is 1. The summed E-state index contributed by atoms with van der Waals surface area (Å²) in [5, 5.41) is 13.0. The lowest BCUT2D eigenvalue weighted by Gasteiger charge is -2.17. The van der Waals surface area contributed by atoms with Gasteiger partial charge in [0.1, 0.15) is 5.75 Å². The van der Waals surface area contributed by atoms with E-state index in [0.29, 0.717) is 29.8 Å². The number of carboxylic acid groups (broad SMARTS) is 1. The molecule has 1 saturated carbocycles. The van der Waals surface area contributed by atoms with Gasteiger partial charge in [-0.1, -0.05) is 18.5 Å². The molecule has 0 aliphatic heterocycles. The van der Waals surface area contributed by atoms with Gasteiger partial charge >= 0.3 is 5.97 Å². The van der Waals surface area contributed by atoms with Gasteiger partial charge in [-0.2, -0.15) is 0 Å². The van der Waals surface area contributed by atoms with Gasteiger partial charge in [-0.15, -0.1) is 0 Å². The Morgan fingerprint density at radius 1 is 1.58 bits per heavy atom. The highest BCUT2D eigenvalue weighted by Crippen LogP contribution is 2.26. The zero-order valence-corrected chi connectivity index (χ0v) is 11.6. The summed E-state index contributed by atoms with van der Waals surface area (Å²) in [7, 11) is 0. The molecule has 1 aliphatic carbocycles. The Kier molecular flexibility index (Phi) is 4.66. The average Bonchev–Trinajstić information content (AvgIpc) is 3.18. The largest absolute Gasteiger partial charge is 0.479 e. The topological polar surface area (TPSA) is 58.6 Å². The Morgan fingerprint density at radius 3 is 2.89 bits per heavy atom. The van der Waals surface area contributed by atoms with Gasteiger partial charge in [0.25, 0.3) is 0 Å². The van der Waals surface area contributed by atoms with E-state index >= 15 is 0 Å². The second-order valence-electron chi connectivity index (χ2n) is 4.76. The Bertz CT molecular complexity index is 460. The van der Waals surface area contributed by atoms with Crippen LogP contribution in [0, 0.1) is 0 Å². The van der Waals surface area contributed by atoms with Crippen LogP contribution in [0.25, 0.3) is 0 Å². The molecule has 0 amide bonds. The molecule has 4 nitrogen and oxygen atoms in total. The van der Waals surface area contributed by atoms with Gasteiger partial charge in [0.05, 0.1) is 0 Å². The minimum Gasteiger partial charge on any atom is -0.479 e. The van der Waals surface area contributed by atoms with E-state index in [1.165, 1.54) is 12.8 Å². The highest BCUT2D eigenvalue weighted by atomic mass is 35.5. The van der Waals surface area contributed by atoms with Crippen LogP contribution in [0.3, 0.4) is 0 Å². The van der Waals surface area contributed by atoms with Crippen molar-refractivity contribution in [3.05, 3.63) is 28.8 Å². The van der Waals surface area contributed by atoms with Crippen molar-refractivity contribution in [2.45, 2.75) is 44.9 Å². The minimum absolute atomic E-state index is 0.424. The number of hydrogen-bond donors (Lipinski definition) is 2. The van der Waals surface area contributed by atoms with Crippen LogP contribution in [0.2, 0.25) is 5.02 Å². The van der Waals surface area contributed by atoms with Gasteiger partial charge in [-0.3, -0.25) is 0 Å². The summed E-state index contributed by atoms with van der Waals surface area (Å²) in [5.41, 5.74) is 0.902. The Labute approximate surface area is 117 Å². The number of carbonyl (C=O) groups is 1. The van der Waals surface area contributed by atoms with Crippen LogP contribution in [0.15, 0.2) is 18.2 Å². The van der Waals surface area contributed by atoms with Crippen LogP contribution in [-0.2, 0) is 11.3 Å². The standard InChI is InChI=1S/C14H18ClNO3/c1-2-12(14(17)18)19-13-6-3-10(15)7-9(13)8-16-11-4-5-11/h3,6-7,11-12,16H,2,4-5,8H2,1H3,(H,17,18). The van der Waals surface area contributed by atoms with Crippen molar-refractivity contribution in [2.24, 2.45) is 0 Å². The first-order chi connectivity index (χ1) is 9.10. The zero-order valence-electron chi connectivity index (χ0n) is 10.9. The first-order valence-electron chi connectivity index (χ1n) is 6.51. The first kappa shape index (κ1) is 14.2. The number of ether oxygens (including phenoxy) is 1. The van der Waals surface area contributed by atoms with E-state index in [0.717, 1.165) is 5.56 Å². The van der Waals surface area contributed by atoms with Crippen LogP contribution in [-0.4, -0.2) is 23.2 Å². The SMILES string of the molecule is CCC(Oc1ccc(Cl)cc1CNC1CC1)C(=O)O. The summed E-state index contributed by atoms with van der Waals surface area (Å²) >= 11 is 5.98. The molecular formula is C14H18ClNO3. The lowest BCUT2D eigenvalue weighted by molar-refractivity contribution is -0.145. The molecule has 0 bridgehead atoms. The van der Waals surface area contributed by atoms with E-state index < -0.39 is 12.1 Å². The maximum Gasteiger partial charge on any atom is 0.344 e. The fraction of sp³-hybridized carbons (Fsp3) is 0.500. The fourth-order valence-electron chi connectivity index (χ4n) is 1.80. The third-order valence-electron chi connectivity index (χ3n) is 3.10. The monoisotopic (exact) mass is 283 g/mol. The first-order valence-corrected chi connectivity index (χ1v) is 6.89. The molecule has 0 radical (unpaired) electrons. The average molecular weight is 284 g/mol. The Balaban J connectivity index is 2.10. The molecular weight excluding hydrogens is 266 g/mol. The summed E-state index contributed by atoms with van der Waals surface area (Å²) in [6, 6.07) is 5.85. The van der Waals surface area contributed by atoms with E-state index in [4.69, 9.17) is 21.4 Å². The molecule has 1 atom stereocenters. The number of benzene rings is 1. The van der Waals surface area contributed by atoms with Crippen LogP contribution in [0.4, 0.5) is 0 Å².